The van der Waals surface area contributed by atoms with E-state index in [4.69, 9.17) is 5.26 Å². The van der Waals surface area contributed by atoms with Gasteiger partial charge in [0, 0.05) is 0 Å². The maximum absolute atomic E-state index is 10.7. The third kappa shape index (κ3) is 3.56. The number of hydrogen-bond acceptors (Lipinski definition) is 5. The van der Waals surface area contributed by atoms with Gasteiger partial charge < -0.3 is 9.47 Å². The van der Waals surface area contributed by atoms with E-state index >= 15 is 0 Å². The quantitative estimate of drug-likeness (QED) is 0.559. The van der Waals surface area contributed by atoms with Gasteiger partial charge in [-0.15, -0.1) is 0 Å². The van der Waals surface area contributed by atoms with Crippen molar-refractivity contribution in [1.29, 1.82) is 5.26 Å². The lowest BCUT2D eigenvalue weighted by atomic mass is 10.4. The summed E-state index contributed by atoms with van der Waals surface area (Å²) in [6.07, 6.45) is -1.31. The first-order valence-electron chi connectivity index (χ1n) is 3.26. The molecule has 0 saturated carbocycles. The fourth-order valence-corrected chi connectivity index (χ4v) is 0.517. The van der Waals surface area contributed by atoms with Crippen molar-refractivity contribution in [2.45, 2.75) is 19.4 Å². The fourth-order valence-electron chi connectivity index (χ4n) is 0.517. The molecule has 0 N–H and O–H groups in total. The molecule has 0 aliphatic heterocycles. The minimum atomic E-state index is -0.948. The number of carbonyl (C=O) groups is 2. The highest BCUT2D eigenvalue weighted by Crippen LogP contribution is 1.95. The van der Waals surface area contributed by atoms with Crippen LogP contribution in [-0.2, 0) is 19.1 Å². The first kappa shape index (κ1) is 10.4. The molecule has 0 aromatic rings. The molecule has 0 aliphatic rings. The highest BCUT2D eigenvalue weighted by atomic mass is 16.6. The molecule has 0 radical (unpaired) electrons. The molecule has 0 aromatic carbocycles. The molecule has 0 unspecified atom stereocenters. The van der Waals surface area contributed by atoms with E-state index in [1.54, 1.807) is 6.07 Å². The molecule has 0 spiro atoms. The number of nitrogens with zero attached hydrogens (tertiary/aromatic N) is 1. The number of esters is 2. The van der Waals surface area contributed by atoms with Crippen LogP contribution in [0.4, 0.5) is 0 Å². The van der Waals surface area contributed by atoms with Crippen LogP contribution >= 0.6 is 0 Å². The Hall–Kier alpha value is -1.57. The van der Waals surface area contributed by atoms with Gasteiger partial charge in [0.2, 0.25) is 0 Å². The van der Waals surface area contributed by atoms with Gasteiger partial charge >= 0.3 is 11.9 Å². The summed E-state index contributed by atoms with van der Waals surface area (Å²) in [7, 11) is 1.19. The minimum Gasteiger partial charge on any atom is -0.466 e. The number of nitriles is 1. The molecule has 0 rings (SSSR count). The first-order valence-corrected chi connectivity index (χ1v) is 3.26. The van der Waals surface area contributed by atoms with E-state index < -0.39 is 18.0 Å². The van der Waals surface area contributed by atoms with Crippen LogP contribution in [0.5, 0.6) is 0 Å². The molecule has 0 bridgehead atoms. The van der Waals surface area contributed by atoms with Crippen LogP contribution in [0.25, 0.3) is 0 Å². The van der Waals surface area contributed by atoms with Crippen molar-refractivity contribution in [3.8, 4) is 6.07 Å². The molecule has 0 amide bonds. The van der Waals surface area contributed by atoms with Crippen LogP contribution in [0.1, 0.15) is 13.3 Å². The summed E-state index contributed by atoms with van der Waals surface area (Å²) in [4.78, 5) is 21.3. The zero-order chi connectivity index (χ0) is 9.56. The average molecular weight is 171 g/mol. The van der Waals surface area contributed by atoms with Gasteiger partial charge in [-0.3, -0.25) is 4.79 Å². The Morgan fingerprint density at radius 2 is 2.17 bits per heavy atom. The normalized spacial score (nSPS) is 11.1. The zero-order valence-corrected chi connectivity index (χ0v) is 6.86. The largest absolute Gasteiger partial charge is 0.466 e. The Morgan fingerprint density at radius 3 is 2.58 bits per heavy atom. The molecular formula is C7H9NO4. The van der Waals surface area contributed by atoms with Crippen molar-refractivity contribution in [2.24, 2.45) is 0 Å². The molecule has 0 aromatic heterocycles. The van der Waals surface area contributed by atoms with Crippen molar-refractivity contribution in [2.75, 3.05) is 7.11 Å². The van der Waals surface area contributed by atoms with Crippen LogP contribution in [0, 0.1) is 11.3 Å². The summed E-state index contributed by atoms with van der Waals surface area (Å²) in [5, 5.41) is 8.08. The lowest BCUT2D eigenvalue weighted by Gasteiger charge is -2.08. The molecule has 5 heteroatoms. The standard InChI is InChI=1S/C7H9NO4/c1-5(7(10)11-2)12-6(9)3-4-8/h5H,3H2,1-2H3/t5-/m0/s1. The van der Waals surface area contributed by atoms with Crippen LogP contribution in [0.3, 0.4) is 0 Å². The van der Waals surface area contributed by atoms with Crippen molar-refractivity contribution in [3.63, 3.8) is 0 Å². The summed E-state index contributed by atoms with van der Waals surface area (Å²) >= 11 is 0. The number of rotatable bonds is 3. The monoisotopic (exact) mass is 171 g/mol. The lowest BCUT2D eigenvalue weighted by Crippen LogP contribution is -2.24. The van der Waals surface area contributed by atoms with Gasteiger partial charge in [0.15, 0.2) is 6.10 Å². The smallest absolute Gasteiger partial charge is 0.346 e. The second-order valence-corrected chi connectivity index (χ2v) is 1.99. The topological polar surface area (TPSA) is 76.4 Å². The Morgan fingerprint density at radius 1 is 1.58 bits per heavy atom. The van der Waals surface area contributed by atoms with Gasteiger partial charge in [-0.25, -0.2) is 4.79 Å². The van der Waals surface area contributed by atoms with Gasteiger partial charge in [0.1, 0.15) is 6.42 Å². The third-order valence-corrected chi connectivity index (χ3v) is 1.06. The molecular weight excluding hydrogens is 162 g/mol. The number of ether oxygens (including phenoxy) is 2. The summed E-state index contributed by atoms with van der Waals surface area (Å²) in [5.74, 6) is -1.36. The Kier molecular flexibility index (Phi) is 4.46. The molecule has 0 saturated heterocycles. The predicted molar refractivity (Wildman–Crippen MR) is 37.8 cm³/mol. The summed E-state index contributed by atoms with van der Waals surface area (Å²) in [5.41, 5.74) is 0. The van der Waals surface area contributed by atoms with Gasteiger partial charge in [-0.1, -0.05) is 0 Å². The lowest BCUT2D eigenvalue weighted by molar-refractivity contribution is -0.164. The molecule has 0 fully saturated rings. The van der Waals surface area contributed by atoms with E-state index in [1.165, 1.54) is 14.0 Å². The molecule has 0 heterocycles. The van der Waals surface area contributed by atoms with Crippen molar-refractivity contribution < 1.29 is 19.1 Å². The molecule has 12 heavy (non-hydrogen) atoms. The maximum Gasteiger partial charge on any atom is 0.346 e. The highest BCUT2D eigenvalue weighted by molar-refractivity contribution is 5.79. The molecule has 5 nitrogen and oxygen atoms in total. The molecule has 0 aliphatic carbocycles. The Bertz CT molecular complexity index is 218. The predicted octanol–water partition coefficient (Wildman–Crippen LogP) is 0.00478. The highest BCUT2D eigenvalue weighted by Gasteiger charge is 2.17. The van der Waals surface area contributed by atoms with Gasteiger partial charge in [0.05, 0.1) is 13.2 Å². The average Bonchev–Trinajstić information content (AvgIpc) is 2.03. The number of hydrogen-bond donors (Lipinski definition) is 0. The van der Waals surface area contributed by atoms with E-state index in [0.29, 0.717) is 0 Å². The van der Waals surface area contributed by atoms with E-state index in [0.717, 1.165) is 0 Å². The van der Waals surface area contributed by atoms with Crippen LogP contribution in [-0.4, -0.2) is 25.2 Å². The summed E-state index contributed by atoms with van der Waals surface area (Å²) in [6.45, 7) is 1.38. The van der Waals surface area contributed by atoms with E-state index in [9.17, 15) is 9.59 Å². The van der Waals surface area contributed by atoms with Crippen LogP contribution in [0.2, 0.25) is 0 Å². The second kappa shape index (κ2) is 5.13. The maximum atomic E-state index is 10.7. The minimum absolute atomic E-state index is 0.360. The van der Waals surface area contributed by atoms with Crippen molar-refractivity contribution >= 4 is 11.9 Å². The number of carbonyl (C=O) groups excluding carboxylic acids is 2. The Balaban J connectivity index is 3.85. The van der Waals surface area contributed by atoms with E-state index in [-0.39, 0.29) is 6.42 Å². The first-order chi connectivity index (χ1) is 5.61. The zero-order valence-electron chi connectivity index (χ0n) is 6.86. The SMILES string of the molecule is COC(=O)[C@H](C)OC(=O)CC#N. The van der Waals surface area contributed by atoms with Crippen LogP contribution in [0.15, 0.2) is 0 Å². The van der Waals surface area contributed by atoms with Gasteiger partial charge in [-0.05, 0) is 6.92 Å². The van der Waals surface area contributed by atoms with Crippen molar-refractivity contribution in [1.82, 2.24) is 0 Å². The molecule has 1 atom stereocenters. The van der Waals surface area contributed by atoms with Gasteiger partial charge in [0.25, 0.3) is 0 Å². The Labute approximate surface area is 69.9 Å². The summed E-state index contributed by atoms with van der Waals surface area (Å²) in [6, 6.07) is 1.60. The van der Waals surface area contributed by atoms with E-state index in [2.05, 4.69) is 9.47 Å². The number of methoxy groups -OCH3 is 1. The van der Waals surface area contributed by atoms with Crippen molar-refractivity contribution in [3.05, 3.63) is 0 Å². The van der Waals surface area contributed by atoms with Crippen LogP contribution < -0.4 is 0 Å². The summed E-state index contributed by atoms with van der Waals surface area (Å²) < 4.78 is 8.80. The van der Waals surface area contributed by atoms with E-state index in [1.807, 2.05) is 0 Å². The fraction of sp³-hybridized carbons (Fsp3) is 0.571. The van der Waals surface area contributed by atoms with Gasteiger partial charge in [-0.2, -0.15) is 5.26 Å². The second-order valence-electron chi connectivity index (χ2n) is 1.99. The third-order valence-electron chi connectivity index (χ3n) is 1.06. The molecule has 66 valence electrons.